The number of rotatable bonds is 6. The van der Waals surface area contributed by atoms with Gasteiger partial charge in [0.15, 0.2) is 5.96 Å². The highest BCUT2D eigenvalue weighted by Gasteiger charge is 2.42. The van der Waals surface area contributed by atoms with Gasteiger partial charge in [-0.1, -0.05) is 43.2 Å². The van der Waals surface area contributed by atoms with Crippen molar-refractivity contribution in [3.63, 3.8) is 0 Å². The highest BCUT2D eigenvalue weighted by molar-refractivity contribution is 5.85. The lowest BCUT2D eigenvalue weighted by Gasteiger charge is -2.31. The van der Waals surface area contributed by atoms with Crippen molar-refractivity contribution in [3.8, 4) is 0 Å². The van der Waals surface area contributed by atoms with Crippen molar-refractivity contribution in [2.45, 2.75) is 57.7 Å². The van der Waals surface area contributed by atoms with E-state index in [1.165, 1.54) is 5.56 Å². The molecule has 1 aliphatic carbocycles. The molecule has 2 atom stereocenters. The second kappa shape index (κ2) is 9.61. The predicted molar refractivity (Wildman–Crippen MR) is 119 cm³/mol. The van der Waals surface area contributed by atoms with Gasteiger partial charge in [-0.2, -0.15) is 0 Å². The van der Waals surface area contributed by atoms with Crippen LogP contribution in [0.2, 0.25) is 0 Å². The Morgan fingerprint density at radius 2 is 1.93 bits per heavy atom. The maximum Gasteiger partial charge on any atom is 0.230 e. The van der Waals surface area contributed by atoms with Gasteiger partial charge in [0, 0.05) is 52.9 Å². The van der Waals surface area contributed by atoms with Gasteiger partial charge in [-0.15, -0.1) is 0 Å². The van der Waals surface area contributed by atoms with Crippen molar-refractivity contribution in [3.05, 3.63) is 35.9 Å². The Labute approximate surface area is 175 Å². The Balaban J connectivity index is 1.54. The van der Waals surface area contributed by atoms with Crippen molar-refractivity contribution < 1.29 is 4.79 Å². The number of nitrogens with one attached hydrogen (secondary N) is 2. The standard InChI is InChI=1S/C23H37N5O/c1-18-14-20(16-28(18)15-19-10-6-5-7-11-19)26-22(24-2)25-17-23(12-8-9-13-23)21(29)27(3)4/h5-7,10-11,18,20H,8-9,12-17H2,1-4H3,(H2,24,25,26). The fourth-order valence-electron chi connectivity index (χ4n) is 4.87. The van der Waals surface area contributed by atoms with Crippen LogP contribution in [0, 0.1) is 5.41 Å². The maximum atomic E-state index is 12.8. The molecular weight excluding hydrogens is 362 g/mol. The zero-order chi connectivity index (χ0) is 20.9. The summed E-state index contributed by atoms with van der Waals surface area (Å²) in [6.45, 7) is 4.93. The van der Waals surface area contributed by atoms with E-state index >= 15 is 0 Å². The average Bonchev–Trinajstić information content (AvgIpc) is 3.33. The van der Waals surface area contributed by atoms with Crippen LogP contribution in [-0.4, -0.2) is 68.0 Å². The summed E-state index contributed by atoms with van der Waals surface area (Å²) in [5.41, 5.74) is 1.07. The van der Waals surface area contributed by atoms with Crippen LogP contribution in [0.4, 0.5) is 0 Å². The first-order valence-electron chi connectivity index (χ1n) is 10.9. The van der Waals surface area contributed by atoms with Crippen LogP contribution in [0.5, 0.6) is 0 Å². The smallest absolute Gasteiger partial charge is 0.230 e. The first kappa shape index (κ1) is 21.6. The summed E-state index contributed by atoms with van der Waals surface area (Å²) in [7, 11) is 5.53. The first-order chi connectivity index (χ1) is 13.9. The summed E-state index contributed by atoms with van der Waals surface area (Å²) in [6.07, 6.45) is 5.26. The largest absolute Gasteiger partial charge is 0.355 e. The third-order valence-corrected chi connectivity index (χ3v) is 6.51. The average molecular weight is 400 g/mol. The van der Waals surface area contributed by atoms with Crippen molar-refractivity contribution in [2.24, 2.45) is 10.4 Å². The van der Waals surface area contributed by atoms with Gasteiger partial charge >= 0.3 is 0 Å². The molecule has 0 aromatic heterocycles. The van der Waals surface area contributed by atoms with Crippen molar-refractivity contribution in [1.29, 1.82) is 0 Å². The van der Waals surface area contributed by atoms with Crippen LogP contribution in [0.3, 0.4) is 0 Å². The zero-order valence-corrected chi connectivity index (χ0v) is 18.4. The second-order valence-electron chi connectivity index (χ2n) is 8.95. The van der Waals surface area contributed by atoms with Gasteiger partial charge in [0.1, 0.15) is 0 Å². The van der Waals surface area contributed by atoms with Gasteiger partial charge in [-0.3, -0.25) is 14.7 Å². The van der Waals surface area contributed by atoms with Gasteiger partial charge in [-0.25, -0.2) is 0 Å². The minimum atomic E-state index is -0.288. The van der Waals surface area contributed by atoms with Gasteiger partial charge in [0.05, 0.1) is 5.41 Å². The van der Waals surface area contributed by atoms with E-state index in [-0.39, 0.29) is 11.3 Å². The molecule has 2 unspecified atom stereocenters. The minimum Gasteiger partial charge on any atom is -0.355 e. The molecule has 1 heterocycles. The number of hydrogen-bond donors (Lipinski definition) is 2. The SMILES string of the molecule is CN=C(NCC1(C(=O)N(C)C)CCCC1)NC1CC(C)N(Cc2ccccc2)C1. The highest BCUT2D eigenvalue weighted by Crippen LogP contribution is 2.38. The Kier molecular flexibility index (Phi) is 7.17. The molecule has 1 aliphatic heterocycles. The van der Waals surface area contributed by atoms with Crippen molar-refractivity contribution in [1.82, 2.24) is 20.4 Å². The van der Waals surface area contributed by atoms with Crippen LogP contribution < -0.4 is 10.6 Å². The summed E-state index contributed by atoms with van der Waals surface area (Å²) in [5.74, 6) is 1.04. The number of amides is 1. The number of aliphatic imine (C=N–C) groups is 1. The zero-order valence-electron chi connectivity index (χ0n) is 18.4. The van der Waals surface area contributed by atoms with E-state index in [2.05, 4.69) is 57.8 Å². The molecule has 6 heteroatoms. The summed E-state index contributed by atoms with van der Waals surface area (Å²) in [6, 6.07) is 11.5. The van der Waals surface area contributed by atoms with Crippen LogP contribution in [0.15, 0.2) is 35.3 Å². The quantitative estimate of drug-likeness (QED) is 0.570. The van der Waals surface area contributed by atoms with Gasteiger partial charge < -0.3 is 15.5 Å². The molecule has 29 heavy (non-hydrogen) atoms. The molecule has 1 aromatic rings. The molecule has 2 N–H and O–H groups in total. The Bertz CT molecular complexity index is 696. The number of carbonyl (C=O) groups excluding carboxylic acids is 1. The van der Waals surface area contributed by atoms with Crippen LogP contribution >= 0.6 is 0 Å². The molecule has 2 fully saturated rings. The molecule has 0 radical (unpaired) electrons. The third-order valence-electron chi connectivity index (χ3n) is 6.51. The molecule has 6 nitrogen and oxygen atoms in total. The van der Waals surface area contributed by atoms with E-state index in [0.29, 0.717) is 18.6 Å². The molecule has 160 valence electrons. The Morgan fingerprint density at radius 1 is 1.24 bits per heavy atom. The van der Waals surface area contributed by atoms with Crippen molar-refractivity contribution in [2.75, 3.05) is 34.2 Å². The summed E-state index contributed by atoms with van der Waals surface area (Å²) < 4.78 is 0. The molecule has 0 spiro atoms. The fraction of sp³-hybridized carbons (Fsp3) is 0.652. The highest BCUT2D eigenvalue weighted by atomic mass is 16.2. The molecular formula is C23H37N5O. The molecule has 1 aromatic carbocycles. The number of carbonyl (C=O) groups is 1. The monoisotopic (exact) mass is 399 g/mol. The third kappa shape index (κ3) is 5.30. The van der Waals surface area contributed by atoms with E-state index in [4.69, 9.17) is 0 Å². The molecule has 2 aliphatic rings. The maximum absolute atomic E-state index is 12.8. The van der Waals surface area contributed by atoms with E-state index in [0.717, 1.165) is 51.2 Å². The van der Waals surface area contributed by atoms with Gasteiger partial charge in [-0.05, 0) is 31.7 Å². The second-order valence-corrected chi connectivity index (χ2v) is 8.95. The van der Waals surface area contributed by atoms with E-state index in [9.17, 15) is 4.79 Å². The van der Waals surface area contributed by atoms with Gasteiger partial charge in [0.2, 0.25) is 5.91 Å². The summed E-state index contributed by atoms with van der Waals surface area (Å²) >= 11 is 0. The van der Waals surface area contributed by atoms with Crippen LogP contribution in [0.1, 0.15) is 44.6 Å². The van der Waals surface area contributed by atoms with E-state index in [1.807, 2.05) is 21.1 Å². The number of likely N-dealkylation sites (tertiary alicyclic amines) is 1. The first-order valence-corrected chi connectivity index (χ1v) is 10.9. The van der Waals surface area contributed by atoms with E-state index in [1.54, 1.807) is 4.90 Å². The Hall–Kier alpha value is -2.08. The molecule has 0 bridgehead atoms. The van der Waals surface area contributed by atoms with Crippen LogP contribution in [-0.2, 0) is 11.3 Å². The number of hydrogen-bond acceptors (Lipinski definition) is 3. The summed E-state index contributed by atoms with van der Waals surface area (Å²) in [4.78, 5) is 21.5. The lowest BCUT2D eigenvalue weighted by molar-refractivity contribution is -0.138. The molecule has 1 amide bonds. The number of nitrogens with zero attached hydrogens (tertiary/aromatic N) is 3. The van der Waals surface area contributed by atoms with Gasteiger partial charge in [0.25, 0.3) is 0 Å². The lowest BCUT2D eigenvalue weighted by Crippen LogP contribution is -2.51. The fourth-order valence-corrected chi connectivity index (χ4v) is 4.87. The molecule has 1 saturated heterocycles. The molecule has 3 rings (SSSR count). The van der Waals surface area contributed by atoms with E-state index < -0.39 is 0 Å². The minimum absolute atomic E-state index is 0.237. The summed E-state index contributed by atoms with van der Waals surface area (Å²) in [5, 5.41) is 7.06. The Morgan fingerprint density at radius 3 is 2.55 bits per heavy atom. The topological polar surface area (TPSA) is 60.0 Å². The lowest BCUT2D eigenvalue weighted by atomic mass is 9.84. The van der Waals surface area contributed by atoms with Crippen LogP contribution in [0.25, 0.3) is 0 Å². The predicted octanol–water partition coefficient (Wildman–Crippen LogP) is 2.46. The number of benzene rings is 1. The number of guanidine groups is 1. The molecule has 1 saturated carbocycles. The van der Waals surface area contributed by atoms with Crippen molar-refractivity contribution >= 4 is 11.9 Å². The normalized spacial score (nSPS) is 24.5.